The molecule has 0 rings (SSSR count). The fraction of sp³-hybridized carbons (Fsp3) is 1.00. The first-order valence-corrected chi connectivity index (χ1v) is 12.5. The van der Waals surface area contributed by atoms with Gasteiger partial charge in [-0.05, 0) is 49.6 Å². The summed E-state index contributed by atoms with van der Waals surface area (Å²) < 4.78 is 0. The Morgan fingerprint density at radius 1 is 0.379 bits per heavy atom. The summed E-state index contributed by atoms with van der Waals surface area (Å²) in [6.45, 7) is 15.7. The van der Waals surface area contributed by atoms with Crippen molar-refractivity contribution in [3.05, 3.63) is 0 Å². The summed E-state index contributed by atoms with van der Waals surface area (Å²) in [5.41, 5.74) is 11.9. The van der Waals surface area contributed by atoms with Crippen LogP contribution in [0.1, 0.15) is 144 Å². The molecule has 0 bridgehead atoms. The molecule has 0 atom stereocenters. The Kier molecular flexibility index (Phi) is 28.1. The fourth-order valence-electron chi connectivity index (χ4n) is 3.37. The van der Waals surface area contributed by atoms with E-state index in [1.54, 1.807) is 0 Å². The van der Waals surface area contributed by atoms with Gasteiger partial charge < -0.3 is 11.5 Å². The van der Waals surface area contributed by atoms with Gasteiger partial charge in [-0.25, -0.2) is 0 Å². The van der Waals surface area contributed by atoms with E-state index in [1.807, 2.05) is 0 Å². The molecule has 0 fully saturated rings. The third-order valence-corrected chi connectivity index (χ3v) is 5.26. The Hall–Kier alpha value is 0.920. The second kappa shape index (κ2) is 23.6. The Morgan fingerprint density at radius 3 is 0.793 bits per heavy atom. The first kappa shape index (κ1) is 34.5. The molecule has 0 heterocycles. The molecule has 0 aliphatic heterocycles. The van der Waals surface area contributed by atoms with E-state index in [0.29, 0.717) is 10.8 Å². The van der Waals surface area contributed by atoms with E-state index in [-0.39, 0.29) is 29.6 Å². The molecule has 0 saturated heterocycles. The van der Waals surface area contributed by atoms with Crippen LogP contribution in [0.3, 0.4) is 0 Å². The molecule has 0 aromatic rings. The van der Waals surface area contributed by atoms with Crippen LogP contribution < -0.4 is 11.5 Å². The zero-order chi connectivity index (χ0) is 21.7. The van der Waals surface area contributed by atoms with Crippen LogP contribution in [0.25, 0.3) is 0 Å². The van der Waals surface area contributed by atoms with Gasteiger partial charge in [-0.2, -0.15) is 0 Å². The SMILES string of the molecule is CC(C)(C)CCCCCCCCCN.CC(C)(C)CCCCCCCCCN.[Na]. The molecule has 0 aromatic heterocycles. The molecule has 3 heteroatoms. The van der Waals surface area contributed by atoms with Gasteiger partial charge in [0, 0.05) is 29.6 Å². The van der Waals surface area contributed by atoms with E-state index in [0.717, 1.165) is 13.1 Å². The van der Waals surface area contributed by atoms with E-state index >= 15 is 0 Å². The molecule has 0 aliphatic rings. The van der Waals surface area contributed by atoms with Crippen molar-refractivity contribution in [3.8, 4) is 0 Å². The van der Waals surface area contributed by atoms with E-state index < -0.39 is 0 Å². The van der Waals surface area contributed by atoms with Crippen LogP contribution in [0, 0.1) is 10.8 Å². The monoisotopic (exact) mass is 421 g/mol. The minimum Gasteiger partial charge on any atom is -0.330 e. The van der Waals surface area contributed by atoms with Crippen molar-refractivity contribution in [3.63, 3.8) is 0 Å². The molecule has 29 heavy (non-hydrogen) atoms. The van der Waals surface area contributed by atoms with Gasteiger partial charge in [0.1, 0.15) is 0 Å². The minimum atomic E-state index is 0. The molecule has 0 unspecified atom stereocenters. The van der Waals surface area contributed by atoms with Gasteiger partial charge in [-0.1, -0.05) is 119 Å². The van der Waals surface area contributed by atoms with Crippen LogP contribution in [0.2, 0.25) is 0 Å². The number of hydrogen-bond acceptors (Lipinski definition) is 2. The van der Waals surface area contributed by atoms with Crippen LogP contribution in [-0.4, -0.2) is 42.6 Å². The van der Waals surface area contributed by atoms with Crippen molar-refractivity contribution < 1.29 is 0 Å². The van der Waals surface area contributed by atoms with Gasteiger partial charge in [-0.15, -0.1) is 0 Å². The summed E-state index contributed by atoms with van der Waals surface area (Å²) in [5, 5.41) is 0. The molecule has 173 valence electrons. The maximum atomic E-state index is 5.44. The van der Waals surface area contributed by atoms with Crippen LogP contribution in [-0.2, 0) is 0 Å². The van der Waals surface area contributed by atoms with E-state index in [1.165, 1.54) is 103 Å². The summed E-state index contributed by atoms with van der Waals surface area (Å²) in [4.78, 5) is 0. The average Bonchev–Trinajstić information content (AvgIpc) is 2.58. The Balaban J connectivity index is -0.000000451. The molecule has 0 amide bonds. The maximum Gasteiger partial charge on any atom is 0 e. The van der Waals surface area contributed by atoms with Crippen LogP contribution in [0.15, 0.2) is 0 Å². The molecule has 0 spiro atoms. The predicted molar refractivity (Wildman–Crippen MR) is 137 cm³/mol. The second-order valence-electron chi connectivity index (χ2n) is 11.1. The van der Waals surface area contributed by atoms with E-state index in [4.69, 9.17) is 11.5 Å². The van der Waals surface area contributed by atoms with Gasteiger partial charge in [0.15, 0.2) is 0 Å². The quantitative estimate of drug-likeness (QED) is 0.197. The van der Waals surface area contributed by atoms with Crippen molar-refractivity contribution in [2.75, 3.05) is 13.1 Å². The zero-order valence-corrected chi connectivity index (χ0v) is 23.9. The molecular weight excluding hydrogens is 363 g/mol. The molecular formula is C26H58N2Na. The maximum absolute atomic E-state index is 5.44. The summed E-state index contributed by atoms with van der Waals surface area (Å²) in [6, 6.07) is 0. The summed E-state index contributed by atoms with van der Waals surface area (Å²) >= 11 is 0. The topological polar surface area (TPSA) is 52.0 Å². The first-order valence-electron chi connectivity index (χ1n) is 12.5. The van der Waals surface area contributed by atoms with Gasteiger partial charge in [-0.3, -0.25) is 0 Å². The number of rotatable bonds is 16. The molecule has 0 aliphatic carbocycles. The molecule has 4 N–H and O–H groups in total. The molecule has 2 nitrogen and oxygen atoms in total. The minimum absolute atomic E-state index is 0. The van der Waals surface area contributed by atoms with Crippen molar-refractivity contribution in [1.82, 2.24) is 0 Å². The number of nitrogens with two attached hydrogens (primary N) is 2. The summed E-state index contributed by atoms with van der Waals surface area (Å²) in [6.07, 6.45) is 21.9. The molecule has 1 radical (unpaired) electrons. The number of hydrogen-bond donors (Lipinski definition) is 2. The van der Waals surface area contributed by atoms with Crippen molar-refractivity contribution in [2.24, 2.45) is 22.3 Å². The second-order valence-corrected chi connectivity index (χ2v) is 11.1. The van der Waals surface area contributed by atoms with Crippen molar-refractivity contribution in [1.29, 1.82) is 0 Å². The van der Waals surface area contributed by atoms with Gasteiger partial charge in [0.2, 0.25) is 0 Å². The Labute approximate surface area is 208 Å². The van der Waals surface area contributed by atoms with E-state index in [9.17, 15) is 0 Å². The fourth-order valence-corrected chi connectivity index (χ4v) is 3.37. The number of unbranched alkanes of at least 4 members (excludes halogenated alkanes) is 12. The van der Waals surface area contributed by atoms with E-state index in [2.05, 4.69) is 41.5 Å². The summed E-state index contributed by atoms with van der Waals surface area (Å²) in [5.74, 6) is 0. The third kappa shape index (κ3) is 39.9. The Bertz CT molecular complexity index is 262. The average molecular weight is 422 g/mol. The normalized spacial score (nSPS) is 11.6. The van der Waals surface area contributed by atoms with Crippen molar-refractivity contribution in [2.45, 2.75) is 144 Å². The smallest absolute Gasteiger partial charge is 0 e. The van der Waals surface area contributed by atoms with Gasteiger partial charge in [0.05, 0.1) is 0 Å². The van der Waals surface area contributed by atoms with Gasteiger partial charge >= 0.3 is 0 Å². The summed E-state index contributed by atoms with van der Waals surface area (Å²) in [7, 11) is 0. The standard InChI is InChI=1S/2C13H29N.Na/c2*1-13(2,3)11-9-7-5-4-6-8-10-12-14;/h2*4-12,14H2,1-3H3;. The van der Waals surface area contributed by atoms with Crippen LogP contribution in [0.4, 0.5) is 0 Å². The Morgan fingerprint density at radius 2 is 0.586 bits per heavy atom. The zero-order valence-electron chi connectivity index (χ0n) is 21.9. The third-order valence-electron chi connectivity index (χ3n) is 5.26. The van der Waals surface area contributed by atoms with Crippen molar-refractivity contribution >= 4 is 29.6 Å². The predicted octanol–water partition coefficient (Wildman–Crippen LogP) is 7.84. The van der Waals surface area contributed by atoms with Crippen LogP contribution in [0.5, 0.6) is 0 Å². The van der Waals surface area contributed by atoms with Crippen LogP contribution >= 0.6 is 0 Å². The van der Waals surface area contributed by atoms with Gasteiger partial charge in [0.25, 0.3) is 0 Å². The molecule has 0 saturated carbocycles. The molecule has 0 aromatic carbocycles. The first-order chi connectivity index (χ1) is 13.1. The largest absolute Gasteiger partial charge is 0.330 e.